The van der Waals surface area contributed by atoms with E-state index in [-0.39, 0.29) is 12.6 Å². The van der Waals surface area contributed by atoms with E-state index in [0.717, 1.165) is 11.3 Å². The van der Waals surface area contributed by atoms with Crippen LogP contribution in [0.4, 0.5) is 9.93 Å². The number of carbonyl (C=O) groups excluding carboxylic acids is 2. The number of amides is 2. The predicted molar refractivity (Wildman–Crippen MR) is 85.1 cm³/mol. The molecule has 2 amide bonds. The van der Waals surface area contributed by atoms with Crippen molar-refractivity contribution in [2.45, 2.75) is 13.2 Å². The van der Waals surface area contributed by atoms with E-state index in [2.05, 4.69) is 10.2 Å². The van der Waals surface area contributed by atoms with E-state index in [9.17, 15) is 9.59 Å². The summed E-state index contributed by atoms with van der Waals surface area (Å²) in [7, 11) is 1.47. The number of anilines is 1. The third-order valence-corrected chi connectivity index (χ3v) is 5.00. The summed E-state index contributed by atoms with van der Waals surface area (Å²) in [5.74, 6) is -0.461. The Hall–Kier alpha value is -2.20. The van der Waals surface area contributed by atoms with Crippen LogP contribution in [0.3, 0.4) is 0 Å². The summed E-state index contributed by atoms with van der Waals surface area (Å²) in [5.41, 5.74) is 0. The van der Waals surface area contributed by atoms with Crippen molar-refractivity contribution in [2.24, 2.45) is 0 Å². The number of esters is 1. The third-order valence-electron chi connectivity index (χ3n) is 3.26. The summed E-state index contributed by atoms with van der Waals surface area (Å²) in [6.07, 6.45) is -0.741. The SMILES string of the molecule is CCN1CC(OC(=O)c2cccs2)N(c2nnc(OC)s2)C1=O. The largest absolute Gasteiger partial charge is 0.472 e. The number of nitrogens with zero attached hydrogens (tertiary/aromatic N) is 4. The molecule has 0 aromatic carbocycles. The zero-order valence-electron chi connectivity index (χ0n) is 12.5. The van der Waals surface area contributed by atoms with Crippen LogP contribution in [0.2, 0.25) is 0 Å². The standard InChI is InChI=1S/C13H14N4O4S2/c1-3-16-7-9(21-10(18)8-5-4-6-22-8)17(13(16)19)11-14-15-12(20-2)23-11/h4-6,9H,3,7H2,1-2H3. The lowest BCUT2D eigenvalue weighted by molar-refractivity contribution is 0.0332. The minimum absolute atomic E-state index is 0.268. The van der Waals surface area contributed by atoms with Gasteiger partial charge in [0.2, 0.25) is 11.4 Å². The van der Waals surface area contributed by atoms with Crippen LogP contribution >= 0.6 is 22.7 Å². The number of ether oxygens (including phenoxy) is 2. The maximum atomic E-state index is 12.5. The van der Waals surface area contributed by atoms with Gasteiger partial charge in [-0.3, -0.25) is 0 Å². The number of aromatic nitrogens is 2. The summed E-state index contributed by atoms with van der Waals surface area (Å²) in [4.78, 5) is 28.1. The van der Waals surface area contributed by atoms with Crippen molar-refractivity contribution in [3.63, 3.8) is 0 Å². The van der Waals surface area contributed by atoms with Gasteiger partial charge in [-0.25, -0.2) is 14.5 Å². The Morgan fingerprint density at radius 3 is 2.91 bits per heavy atom. The Balaban J connectivity index is 1.83. The molecular weight excluding hydrogens is 340 g/mol. The number of hydrogen-bond donors (Lipinski definition) is 0. The fraction of sp³-hybridized carbons (Fsp3) is 0.385. The van der Waals surface area contributed by atoms with Crippen LogP contribution in [0.5, 0.6) is 5.19 Å². The number of urea groups is 1. The first-order valence-electron chi connectivity index (χ1n) is 6.84. The molecule has 1 aliphatic rings. The van der Waals surface area contributed by atoms with Gasteiger partial charge in [0.05, 0.1) is 13.7 Å². The second kappa shape index (κ2) is 6.50. The van der Waals surface area contributed by atoms with Crippen molar-refractivity contribution >= 4 is 39.8 Å². The second-order valence-electron chi connectivity index (χ2n) is 4.58. The molecule has 1 unspecified atom stereocenters. The fourth-order valence-corrected chi connectivity index (χ4v) is 3.44. The summed E-state index contributed by atoms with van der Waals surface area (Å²) in [6, 6.07) is 3.18. The van der Waals surface area contributed by atoms with Crippen LogP contribution in [0.1, 0.15) is 16.6 Å². The minimum atomic E-state index is -0.741. The highest BCUT2D eigenvalue weighted by molar-refractivity contribution is 7.17. The molecule has 1 atom stereocenters. The van der Waals surface area contributed by atoms with Gasteiger partial charge in [-0.05, 0) is 29.7 Å². The Labute approximate surface area is 140 Å². The Morgan fingerprint density at radius 2 is 2.30 bits per heavy atom. The Bertz CT molecular complexity index is 703. The maximum Gasteiger partial charge on any atom is 0.350 e. The monoisotopic (exact) mass is 354 g/mol. The Morgan fingerprint density at radius 1 is 1.48 bits per heavy atom. The molecule has 0 bridgehead atoms. The number of methoxy groups -OCH3 is 1. The van der Waals surface area contributed by atoms with Gasteiger partial charge in [-0.1, -0.05) is 11.2 Å². The summed E-state index contributed by atoms with van der Waals surface area (Å²) < 4.78 is 10.5. The molecule has 10 heteroatoms. The lowest BCUT2D eigenvalue weighted by Crippen LogP contribution is -2.37. The van der Waals surface area contributed by atoms with Crippen LogP contribution in [-0.2, 0) is 4.74 Å². The van der Waals surface area contributed by atoms with Gasteiger partial charge in [0, 0.05) is 6.54 Å². The first-order valence-corrected chi connectivity index (χ1v) is 8.53. The number of carbonyl (C=O) groups is 2. The molecule has 3 rings (SSSR count). The number of thiophene rings is 1. The molecule has 23 heavy (non-hydrogen) atoms. The molecule has 0 spiro atoms. The first kappa shape index (κ1) is 15.7. The number of hydrogen-bond acceptors (Lipinski definition) is 8. The van der Waals surface area contributed by atoms with Crippen molar-refractivity contribution in [1.82, 2.24) is 15.1 Å². The molecule has 122 valence electrons. The van der Waals surface area contributed by atoms with Crippen LogP contribution in [-0.4, -0.2) is 53.5 Å². The molecule has 0 N–H and O–H groups in total. The van der Waals surface area contributed by atoms with Crippen LogP contribution in [0.25, 0.3) is 0 Å². The highest BCUT2D eigenvalue weighted by Gasteiger charge is 2.42. The minimum Gasteiger partial charge on any atom is -0.472 e. The summed E-state index contributed by atoms with van der Waals surface area (Å²) in [6.45, 7) is 2.66. The van der Waals surface area contributed by atoms with E-state index in [4.69, 9.17) is 9.47 Å². The topological polar surface area (TPSA) is 84.9 Å². The first-order chi connectivity index (χ1) is 11.1. The van der Waals surface area contributed by atoms with Crippen molar-refractivity contribution in [1.29, 1.82) is 0 Å². The lowest BCUT2D eigenvalue weighted by Gasteiger charge is -2.19. The quantitative estimate of drug-likeness (QED) is 0.764. The van der Waals surface area contributed by atoms with Crippen LogP contribution in [0, 0.1) is 0 Å². The molecule has 1 aliphatic heterocycles. The smallest absolute Gasteiger partial charge is 0.350 e. The van der Waals surface area contributed by atoms with E-state index >= 15 is 0 Å². The van der Waals surface area contributed by atoms with Gasteiger partial charge in [0.1, 0.15) is 4.88 Å². The van der Waals surface area contributed by atoms with E-state index < -0.39 is 12.2 Å². The molecule has 0 radical (unpaired) electrons. The number of rotatable bonds is 5. The zero-order chi connectivity index (χ0) is 16.4. The van der Waals surface area contributed by atoms with Gasteiger partial charge < -0.3 is 14.4 Å². The van der Waals surface area contributed by atoms with Gasteiger partial charge in [0.15, 0.2) is 0 Å². The molecule has 1 fully saturated rings. The molecule has 0 saturated carbocycles. The normalized spacial score (nSPS) is 17.7. The van der Waals surface area contributed by atoms with Crippen molar-refractivity contribution in [3.05, 3.63) is 22.4 Å². The average molecular weight is 354 g/mol. The van der Waals surface area contributed by atoms with E-state index in [0.29, 0.717) is 21.7 Å². The van der Waals surface area contributed by atoms with Crippen molar-refractivity contribution in [3.8, 4) is 5.19 Å². The van der Waals surface area contributed by atoms with E-state index in [1.54, 1.807) is 22.4 Å². The molecule has 2 aromatic heterocycles. The van der Waals surface area contributed by atoms with Gasteiger partial charge in [0.25, 0.3) is 5.19 Å². The molecule has 2 aromatic rings. The molecular formula is C13H14N4O4S2. The second-order valence-corrected chi connectivity index (χ2v) is 6.45. The predicted octanol–water partition coefficient (Wildman–Crippen LogP) is 2.05. The maximum absolute atomic E-state index is 12.5. The molecule has 8 nitrogen and oxygen atoms in total. The average Bonchev–Trinajstić information content (AvgIpc) is 3.26. The van der Waals surface area contributed by atoms with E-state index in [1.165, 1.54) is 23.3 Å². The number of likely N-dealkylation sites (N-methyl/N-ethyl adjacent to an activating group) is 1. The van der Waals surface area contributed by atoms with Gasteiger partial charge >= 0.3 is 12.0 Å². The summed E-state index contributed by atoms with van der Waals surface area (Å²) >= 11 is 2.41. The fourth-order valence-electron chi connectivity index (χ4n) is 2.14. The van der Waals surface area contributed by atoms with Crippen LogP contribution < -0.4 is 9.64 Å². The van der Waals surface area contributed by atoms with Crippen molar-refractivity contribution < 1.29 is 19.1 Å². The molecule has 0 aliphatic carbocycles. The molecule has 1 saturated heterocycles. The van der Waals surface area contributed by atoms with Gasteiger partial charge in [-0.2, -0.15) is 0 Å². The third kappa shape index (κ3) is 2.99. The Kier molecular flexibility index (Phi) is 4.44. The van der Waals surface area contributed by atoms with Crippen molar-refractivity contribution in [2.75, 3.05) is 25.1 Å². The molecule has 3 heterocycles. The highest BCUT2D eigenvalue weighted by atomic mass is 32.1. The van der Waals surface area contributed by atoms with E-state index in [1.807, 2.05) is 6.92 Å². The lowest BCUT2D eigenvalue weighted by atomic mass is 10.4. The summed E-state index contributed by atoms with van der Waals surface area (Å²) in [5, 5.41) is 10.2. The highest BCUT2D eigenvalue weighted by Crippen LogP contribution is 2.31. The van der Waals surface area contributed by atoms with Crippen LogP contribution in [0.15, 0.2) is 17.5 Å². The van der Waals surface area contributed by atoms with Gasteiger partial charge in [-0.15, -0.1) is 16.4 Å². The zero-order valence-corrected chi connectivity index (χ0v) is 14.1.